The fraction of sp³-hybridized carbons (Fsp3) is 0.692. The van der Waals surface area contributed by atoms with E-state index in [0.29, 0.717) is 21.3 Å². The fourth-order valence-electron chi connectivity index (χ4n) is 2.11. The highest BCUT2D eigenvalue weighted by atomic mass is 79.9. The summed E-state index contributed by atoms with van der Waals surface area (Å²) in [6, 6.07) is 2.24. The predicted octanol–water partition coefficient (Wildman–Crippen LogP) is 1.99. The van der Waals surface area contributed by atoms with Gasteiger partial charge in [0.05, 0.1) is 3.79 Å². The van der Waals surface area contributed by atoms with E-state index in [0.717, 1.165) is 11.4 Å². The summed E-state index contributed by atoms with van der Waals surface area (Å²) in [5.74, 6) is 0. The van der Waals surface area contributed by atoms with Gasteiger partial charge in [0, 0.05) is 30.1 Å². The van der Waals surface area contributed by atoms with E-state index in [2.05, 4.69) is 26.0 Å². The van der Waals surface area contributed by atoms with Crippen LogP contribution in [0.25, 0.3) is 0 Å². The zero-order valence-electron chi connectivity index (χ0n) is 12.5. The predicted molar refractivity (Wildman–Crippen MR) is 90.2 cm³/mol. The number of hydrogen-bond donors (Lipinski definition) is 2. The lowest BCUT2D eigenvalue weighted by Crippen LogP contribution is -2.39. The molecule has 1 aliphatic rings. The lowest BCUT2D eigenvalue weighted by Gasteiger charge is -2.18. The number of likely N-dealkylation sites (N-methyl/N-ethyl adjacent to an activating group) is 1. The number of halogens is 1. The number of sulfonamides is 1. The second kappa shape index (κ2) is 7.06. The molecule has 1 aromatic heterocycles. The van der Waals surface area contributed by atoms with Crippen LogP contribution >= 0.6 is 27.3 Å². The first-order chi connectivity index (χ1) is 9.78. The van der Waals surface area contributed by atoms with Crippen molar-refractivity contribution in [3.63, 3.8) is 0 Å². The maximum Gasteiger partial charge on any atom is 0.242 e. The van der Waals surface area contributed by atoms with Crippen molar-refractivity contribution in [3.05, 3.63) is 14.7 Å². The Morgan fingerprint density at radius 2 is 2.14 bits per heavy atom. The molecule has 2 rings (SSSR count). The van der Waals surface area contributed by atoms with Crippen LogP contribution in [0.15, 0.2) is 14.7 Å². The van der Waals surface area contributed by atoms with E-state index in [-0.39, 0.29) is 6.04 Å². The zero-order chi connectivity index (χ0) is 15.6. The van der Waals surface area contributed by atoms with E-state index in [1.165, 1.54) is 24.2 Å². The second-order valence-corrected chi connectivity index (χ2v) is 9.93. The second-order valence-electron chi connectivity index (χ2n) is 5.79. The quantitative estimate of drug-likeness (QED) is 0.706. The van der Waals surface area contributed by atoms with Crippen LogP contribution in [0.2, 0.25) is 0 Å². The van der Waals surface area contributed by atoms with Crippen LogP contribution in [0.5, 0.6) is 0 Å². The van der Waals surface area contributed by atoms with Gasteiger partial charge in [-0.2, -0.15) is 0 Å². The van der Waals surface area contributed by atoms with Gasteiger partial charge < -0.3 is 10.2 Å². The first kappa shape index (κ1) is 17.4. The molecule has 21 heavy (non-hydrogen) atoms. The highest BCUT2D eigenvalue weighted by Gasteiger charge is 2.24. The van der Waals surface area contributed by atoms with Gasteiger partial charge in [-0.15, -0.1) is 11.3 Å². The molecular formula is C13H22BrN3O2S2. The van der Waals surface area contributed by atoms with Crippen molar-refractivity contribution in [1.82, 2.24) is 14.9 Å². The van der Waals surface area contributed by atoms with E-state index < -0.39 is 10.0 Å². The van der Waals surface area contributed by atoms with Crippen molar-refractivity contribution in [2.24, 2.45) is 0 Å². The topological polar surface area (TPSA) is 61.4 Å². The molecule has 0 radical (unpaired) electrons. The molecule has 0 saturated heterocycles. The summed E-state index contributed by atoms with van der Waals surface area (Å²) in [6.07, 6.45) is 2.45. The molecule has 1 aromatic rings. The van der Waals surface area contributed by atoms with Gasteiger partial charge in [-0.1, -0.05) is 0 Å². The SMILES string of the molecule is CC(CN(C)C)NS(=O)(=O)c1cc(CNC2CC2)sc1Br. The van der Waals surface area contributed by atoms with Crippen LogP contribution in [0, 0.1) is 0 Å². The monoisotopic (exact) mass is 395 g/mol. The summed E-state index contributed by atoms with van der Waals surface area (Å²) in [4.78, 5) is 3.33. The Morgan fingerprint density at radius 1 is 1.48 bits per heavy atom. The molecule has 1 unspecified atom stereocenters. The fourth-order valence-corrected chi connectivity index (χ4v) is 5.98. The highest BCUT2D eigenvalue weighted by Crippen LogP contribution is 2.32. The summed E-state index contributed by atoms with van der Waals surface area (Å²) < 4.78 is 28.3. The third-order valence-corrected chi connectivity index (χ3v) is 6.98. The lowest BCUT2D eigenvalue weighted by molar-refractivity contribution is 0.370. The van der Waals surface area contributed by atoms with Gasteiger partial charge in [-0.05, 0) is 55.9 Å². The molecule has 0 bridgehead atoms. The molecule has 2 N–H and O–H groups in total. The van der Waals surface area contributed by atoms with Gasteiger partial charge in [0.15, 0.2) is 0 Å². The Bertz CT molecular complexity index is 582. The van der Waals surface area contributed by atoms with Crippen molar-refractivity contribution in [2.75, 3.05) is 20.6 Å². The number of nitrogens with zero attached hydrogens (tertiary/aromatic N) is 1. The maximum atomic E-state index is 12.4. The number of rotatable bonds is 8. The minimum absolute atomic E-state index is 0.134. The molecule has 0 spiro atoms. The lowest BCUT2D eigenvalue weighted by atomic mass is 10.3. The minimum atomic E-state index is -3.48. The van der Waals surface area contributed by atoms with Crippen molar-refractivity contribution < 1.29 is 8.42 Å². The van der Waals surface area contributed by atoms with Crippen LogP contribution < -0.4 is 10.0 Å². The Hall–Kier alpha value is 0.01000. The molecule has 5 nitrogen and oxygen atoms in total. The number of thiophene rings is 1. The molecule has 1 fully saturated rings. The Morgan fingerprint density at radius 3 is 2.71 bits per heavy atom. The van der Waals surface area contributed by atoms with Crippen LogP contribution in [0.4, 0.5) is 0 Å². The first-order valence-electron chi connectivity index (χ1n) is 6.96. The van der Waals surface area contributed by atoms with E-state index in [4.69, 9.17) is 0 Å². The molecule has 0 amide bonds. The van der Waals surface area contributed by atoms with E-state index >= 15 is 0 Å². The molecule has 1 heterocycles. The third-order valence-electron chi connectivity index (χ3n) is 3.13. The van der Waals surface area contributed by atoms with Gasteiger partial charge in [0.2, 0.25) is 10.0 Å². The van der Waals surface area contributed by atoms with Crippen LogP contribution in [0.1, 0.15) is 24.6 Å². The van der Waals surface area contributed by atoms with Crippen LogP contribution in [-0.2, 0) is 16.6 Å². The molecule has 1 aliphatic carbocycles. The van der Waals surface area contributed by atoms with Gasteiger partial charge in [0.1, 0.15) is 4.90 Å². The first-order valence-corrected chi connectivity index (χ1v) is 10.1. The molecule has 0 aromatic carbocycles. The Balaban J connectivity index is 2.04. The molecule has 120 valence electrons. The molecule has 8 heteroatoms. The van der Waals surface area contributed by atoms with E-state index in [9.17, 15) is 8.42 Å². The standard InChI is InChI=1S/C13H22BrN3O2S2/c1-9(8-17(2)3)16-21(18,19)12-6-11(20-13(12)14)7-15-10-4-5-10/h6,9-10,15-16H,4-5,7-8H2,1-3H3. The molecule has 1 saturated carbocycles. The molecule has 0 aliphatic heterocycles. The Kier molecular flexibility index (Phi) is 5.84. The largest absolute Gasteiger partial charge is 0.309 e. The van der Waals surface area contributed by atoms with Crippen molar-refractivity contribution in [1.29, 1.82) is 0 Å². The van der Waals surface area contributed by atoms with Gasteiger partial charge in [0.25, 0.3) is 0 Å². The maximum absolute atomic E-state index is 12.4. The van der Waals surface area contributed by atoms with E-state index in [1.807, 2.05) is 25.9 Å². The summed E-state index contributed by atoms with van der Waals surface area (Å²) in [5, 5.41) is 3.40. The van der Waals surface area contributed by atoms with Crippen molar-refractivity contribution >= 4 is 37.3 Å². The number of nitrogens with one attached hydrogen (secondary N) is 2. The third kappa shape index (κ3) is 5.30. The highest BCUT2D eigenvalue weighted by molar-refractivity contribution is 9.11. The zero-order valence-corrected chi connectivity index (χ0v) is 15.7. The van der Waals surface area contributed by atoms with Gasteiger partial charge in [-0.25, -0.2) is 13.1 Å². The van der Waals surface area contributed by atoms with Gasteiger partial charge >= 0.3 is 0 Å². The number of hydrogen-bond acceptors (Lipinski definition) is 5. The van der Waals surface area contributed by atoms with Crippen LogP contribution in [0.3, 0.4) is 0 Å². The summed E-state index contributed by atoms with van der Waals surface area (Å²) in [6.45, 7) is 3.27. The Labute approximate surface area is 139 Å². The minimum Gasteiger partial charge on any atom is -0.309 e. The van der Waals surface area contributed by atoms with Crippen molar-refractivity contribution in [3.8, 4) is 0 Å². The summed E-state index contributed by atoms with van der Waals surface area (Å²) in [5.41, 5.74) is 0. The average Bonchev–Trinajstić information content (AvgIpc) is 3.07. The van der Waals surface area contributed by atoms with Crippen molar-refractivity contribution in [2.45, 2.75) is 43.3 Å². The van der Waals surface area contributed by atoms with E-state index in [1.54, 1.807) is 6.07 Å². The summed E-state index contributed by atoms with van der Waals surface area (Å²) >= 11 is 4.85. The average molecular weight is 396 g/mol. The van der Waals surface area contributed by atoms with Crippen LogP contribution in [-0.4, -0.2) is 46.0 Å². The van der Waals surface area contributed by atoms with Gasteiger partial charge in [-0.3, -0.25) is 0 Å². The summed E-state index contributed by atoms with van der Waals surface area (Å²) in [7, 11) is 0.368. The molecule has 1 atom stereocenters. The smallest absolute Gasteiger partial charge is 0.242 e. The molecular weight excluding hydrogens is 374 g/mol. The normalized spacial score (nSPS) is 17.4.